The molecule has 1 aliphatic heterocycles. The molecule has 152 valence electrons. The summed E-state index contributed by atoms with van der Waals surface area (Å²) in [5, 5.41) is 3.29. The molecule has 0 aliphatic carbocycles. The number of carbonyl (C=O) groups excluding carboxylic acids is 1. The van der Waals surface area contributed by atoms with E-state index < -0.39 is 0 Å². The highest BCUT2D eigenvalue weighted by molar-refractivity contribution is 5.92. The van der Waals surface area contributed by atoms with Crippen molar-refractivity contribution in [3.63, 3.8) is 0 Å². The first-order chi connectivity index (χ1) is 14.6. The fourth-order valence-corrected chi connectivity index (χ4v) is 3.55. The Morgan fingerprint density at radius 1 is 1.20 bits per heavy atom. The van der Waals surface area contributed by atoms with E-state index in [1.807, 2.05) is 49.1 Å². The first-order valence-corrected chi connectivity index (χ1v) is 10.00. The molecule has 0 aromatic carbocycles. The van der Waals surface area contributed by atoms with Crippen LogP contribution in [0.5, 0.6) is 0 Å². The lowest BCUT2D eigenvalue weighted by atomic mass is 10.0. The molecule has 0 radical (unpaired) electrons. The third-order valence-electron chi connectivity index (χ3n) is 5.13. The van der Waals surface area contributed by atoms with Gasteiger partial charge in [-0.25, -0.2) is 15.0 Å². The van der Waals surface area contributed by atoms with Crippen LogP contribution in [0.2, 0.25) is 0 Å². The van der Waals surface area contributed by atoms with Gasteiger partial charge in [0.2, 0.25) is 5.91 Å². The summed E-state index contributed by atoms with van der Waals surface area (Å²) >= 11 is 0. The molecule has 3 aromatic rings. The number of amides is 1. The van der Waals surface area contributed by atoms with E-state index in [4.69, 9.17) is 0 Å². The molecule has 0 bridgehead atoms. The molecular weight excluding hydrogens is 376 g/mol. The maximum absolute atomic E-state index is 12.6. The van der Waals surface area contributed by atoms with Crippen LogP contribution in [0, 0.1) is 13.8 Å². The monoisotopic (exact) mass is 400 g/mol. The van der Waals surface area contributed by atoms with Crippen LogP contribution in [-0.4, -0.2) is 43.8 Å². The van der Waals surface area contributed by atoms with Gasteiger partial charge in [0.05, 0.1) is 5.69 Å². The van der Waals surface area contributed by atoms with Gasteiger partial charge in [-0.1, -0.05) is 12.1 Å². The Labute approximate surface area is 175 Å². The molecule has 0 unspecified atom stereocenters. The van der Waals surface area contributed by atoms with Crippen LogP contribution in [-0.2, 0) is 4.79 Å². The molecule has 0 spiro atoms. The SMILES string of the molecule is Cc1nc(Nc2ncccc2C)cc([C@@H]2CCN(C(=O)/C=C/c3cccnc3)C2)n1. The first-order valence-electron chi connectivity index (χ1n) is 10.00. The van der Waals surface area contributed by atoms with Gasteiger partial charge in [0.1, 0.15) is 17.5 Å². The Kier molecular flexibility index (Phi) is 5.79. The maximum Gasteiger partial charge on any atom is 0.246 e. The molecule has 0 saturated carbocycles. The second kappa shape index (κ2) is 8.82. The Morgan fingerprint density at radius 3 is 2.87 bits per heavy atom. The van der Waals surface area contributed by atoms with Crippen molar-refractivity contribution >= 4 is 23.6 Å². The van der Waals surface area contributed by atoms with E-state index in [9.17, 15) is 4.79 Å². The highest BCUT2D eigenvalue weighted by Gasteiger charge is 2.27. The Hall–Kier alpha value is -3.61. The van der Waals surface area contributed by atoms with Gasteiger partial charge in [-0.2, -0.15) is 0 Å². The molecule has 4 heterocycles. The lowest BCUT2D eigenvalue weighted by Gasteiger charge is -2.15. The van der Waals surface area contributed by atoms with Crippen LogP contribution in [0.1, 0.15) is 35.0 Å². The molecule has 4 rings (SSSR count). The fraction of sp³-hybridized carbons (Fsp3) is 0.261. The molecule has 1 atom stereocenters. The number of aromatic nitrogens is 4. The van der Waals surface area contributed by atoms with Crippen molar-refractivity contribution < 1.29 is 4.79 Å². The Bertz CT molecular complexity index is 1070. The van der Waals surface area contributed by atoms with Crippen molar-refractivity contribution in [2.24, 2.45) is 0 Å². The molecule has 1 aliphatic rings. The number of likely N-dealkylation sites (tertiary alicyclic amines) is 1. The number of hydrogen-bond donors (Lipinski definition) is 1. The van der Waals surface area contributed by atoms with Gasteiger partial charge in [0, 0.05) is 49.7 Å². The summed E-state index contributed by atoms with van der Waals surface area (Å²) in [4.78, 5) is 32.0. The normalized spacial score (nSPS) is 16.2. The third-order valence-corrected chi connectivity index (χ3v) is 5.13. The van der Waals surface area contributed by atoms with Crippen molar-refractivity contribution in [1.29, 1.82) is 0 Å². The molecule has 1 saturated heterocycles. The van der Waals surface area contributed by atoms with Crippen LogP contribution >= 0.6 is 0 Å². The number of pyridine rings is 2. The highest BCUT2D eigenvalue weighted by Crippen LogP contribution is 2.28. The van der Waals surface area contributed by atoms with E-state index in [-0.39, 0.29) is 11.8 Å². The second-order valence-corrected chi connectivity index (χ2v) is 7.41. The maximum atomic E-state index is 12.6. The molecule has 30 heavy (non-hydrogen) atoms. The van der Waals surface area contributed by atoms with E-state index in [0.29, 0.717) is 18.9 Å². The zero-order valence-corrected chi connectivity index (χ0v) is 17.1. The van der Waals surface area contributed by atoms with Gasteiger partial charge in [0.15, 0.2) is 0 Å². The fourth-order valence-electron chi connectivity index (χ4n) is 3.55. The zero-order valence-electron chi connectivity index (χ0n) is 17.1. The van der Waals surface area contributed by atoms with Crippen molar-refractivity contribution in [1.82, 2.24) is 24.8 Å². The molecule has 1 amide bonds. The number of carbonyl (C=O) groups is 1. The van der Waals surface area contributed by atoms with Crippen molar-refractivity contribution in [2.45, 2.75) is 26.2 Å². The predicted octanol–water partition coefficient (Wildman–Crippen LogP) is 3.66. The van der Waals surface area contributed by atoms with Crippen LogP contribution in [0.15, 0.2) is 55.0 Å². The van der Waals surface area contributed by atoms with E-state index in [1.54, 1.807) is 30.7 Å². The Balaban J connectivity index is 1.45. The summed E-state index contributed by atoms with van der Waals surface area (Å²) in [5.74, 6) is 2.40. The lowest BCUT2D eigenvalue weighted by molar-refractivity contribution is -0.124. The Morgan fingerprint density at radius 2 is 2.07 bits per heavy atom. The van der Waals surface area contributed by atoms with Crippen LogP contribution < -0.4 is 5.32 Å². The average Bonchev–Trinajstić information content (AvgIpc) is 3.25. The van der Waals surface area contributed by atoms with Gasteiger partial charge in [-0.05, 0) is 49.6 Å². The number of rotatable bonds is 5. The van der Waals surface area contributed by atoms with Gasteiger partial charge in [-0.3, -0.25) is 9.78 Å². The third kappa shape index (κ3) is 4.68. The van der Waals surface area contributed by atoms with Crippen LogP contribution in [0.25, 0.3) is 6.08 Å². The quantitative estimate of drug-likeness (QED) is 0.658. The second-order valence-electron chi connectivity index (χ2n) is 7.41. The summed E-state index contributed by atoms with van der Waals surface area (Å²) in [6.07, 6.45) is 9.50. The number of anilines is 2. The summed E-state index contributed by atoms with van der Waals surface area (Å²) in [5.41, 5.74) is 2.91. The summed E-state index contributed by atoms with van der Waals surface area (Å²) in [6, 6.07) is 9.65. The molecule has 7 nitrogen and oxygen atoms in total. The molecule has 1 fully saturated rings. The van der Waals surface area contributed by atoms with Crippen molar-refractivity contribution in [3.8, 4) is 0 Å². The molecular formula is C23H24N6O. The van der Waals surface area contributed by atoms with E-state index in [2.05, 4.69) is 25.3 Å². The summed E-state index contributed by atoms with van der Waals surface area (Å²) in [6.45, 7) is 5.25. The zero-order chi connectivity index (χ0) is 20.9. The van der Waals surface area contributed by atoms with E-state index in [0.717, 1.165) is 34.9 Å². The lowest BCUT2D eigenvalue weighted by Crippen LogP contribution is -2.26. The number of hydrogen-bond acceptors (Lipinski definition) is 6. The summed E-state index contributed by atoms with van der Waals surface area (Å²) < 4.78 is 0. The standard InChI is InChI=1S/C23H24N6O/c1-16-5-3-11-25-23(16)28-21-13-20(26-17(2)27-21)19-9-12-29(15-19)22(30)8-7-18-6-4-10-24-14-18/h3-8,10-11,13-14,19H,9,12,15H2,1-2H3,(H,25,26,27,28)/b8-7+/t19-/m1/s1. The van der Waals surface area contributed by atoms with Crippen molar-refractivity contribution in [2.75, 3.05) is 18.4 Å². The molecule has 7 heteroatoms. The van der Waals surface area contributed by atoms with Crippen LogP contribution in [0.3, 0.4) is 0 Å². The average molecular weight is 400 g/mol. The minimum Gasteiger partial charge on any atom is -0.338 e. The van der Waals surface area contributed by atoms with Gasteiger partial charge < -0.3 is 10.2 Å². The predicted molar refractivity (Wildman–Crippen MR) is 116 cm³/mol. The van der Waals surface area contributed by atoms with Crippen LogP contribution in [0.4, 0.5) is 11.6 Å². The molecule has 3 aromatic heterocycles. The van der Waals surface area contributed by atoms with E-state index in [1.165, 1.54) is 0 Å². The molecule has 1 N–H and O–H groups in total. The van der Waals surface area contributed by atoms with Crippen molar-refractivity contribution in [3.05, 3.63) is 77.6 Å². The largest absolute Gasteiger partial charge is 0.338 e. The topological polar surface area (TPSA) is 83.9 Å². The van der Waals surface area contributed by atoms with Gasteiger partial charge >= 0.3 is 0 Å². The first kappa shape index (κ1) is 19.7. The van der Waals surface area contributed by atoms with Gasteiger partial charge in [0.25, 0.3) is 0 Å². The van der Waals surface area contributed by atoms with Gasteiger partial charge in [-0.15, -0.1) is 0 Å². The number of nitrogens with zero attached hydrogens (tertiary/aromatic N) is 5. The van der Waals surface area contributed by atoms with E-state index >= 15 is 0 Å². The highest BCUT2D eigenvalue weighted by atomic mass is 16.2. The number of aryl methyl sites for hydroxylation is 2. The minimum absolute atomic E-state index is 0.00888. The minimum atomic E-state index is 0.00888. The smallest absolute Gasteiger partial charge is 0.246 e. The summed E-state index contributed by atoms with van der Waals surface area (Å²) in [7, 11) is 0. The number of nitrogens with one attached hydrogen (secondary N) is 1.